The van der Waals surface area contributed by atoms with Gasteiger partial charge in [0.1, 0.15) is 0 Å². The van der Waals surface area contributed by atoms with E-state index in [9.17, 15) is 39.6 Å². The van der Waals surface area contributed by atoms with Crippen LogP contribution in [0.3, 0.4) is 0 Å². The molecule has 0 bridgehead atoms. The molecular formula is C45H52B2N4O8. The Balaban J connectivity index is 1.61. The maximum atomic E-state index is 12.5. The normalized spacial score (nSPS) is 11.3. The van der Waals surface area contributed by atoms with Gasteiger partial charge in [-0.15, -0.1) is 0 Å². The van der Waals surface area contributed by atoms with Crippen LogP contribution in [0.25, 0.3) is 21.5 Å². The molecule has 5 aromatic rings. The number of nitrogens with zero attached hydrogens (tertiary/aromatic N) is 2. The van der Waals surface area contributed by atoms with E-state index in [1.165, 1.54) is 0 Å². The van der Waals surface area contributed by atoms with E-state index in [1.807, 2.05) is 54.6 Å². The lowest BCUT2D eigenvalue weighted by atomic mass is 9.77. The number of carbonyl (C=O) groups excluding carboxylic acids is 2. The first kappa shape index (κ1) is 44.5. The highest BCUT2D eigenvalue weighted by Gasteiger charge is 2.23. The summed E-state index contributed by atoms with van der Waals surface area (Å²) in [6.45, 7) is 14.0. The lowest BCUT2D eigenvalue weighted by Gasteiger charge is -2.28. The molecule has 0 unspecified atom stereocenters. The number of fused-ring (bicyclic) bond motifs is 2. The Kier molecular flexibility index (Phi) is 15.8. The second-order valence-electron chi connectivity index (χ2n) is 14.9. The summed E-state index contributed by atoms with van der Waals surface area (Å²) in [5.74, 6) is -1.53. The van der Waals surface area contributed by atoms with Crippen LogP contribution in [0.2, 0.25) is 0 Å². The van der Waals surface area contributed by atoms with Gasteiger partial charge in [-0.2, -0.15) is 0 Å². The fourth-order valence-electron chi connectivity index (χ4n) is 7.36. The molecule has 0 saturated heterocycles. The summed E-state index contributed by atoms with van der Waals surface area (Å²) in [6.07, 6.45) is 1.16. The first-order valence-electron chi connectivity index (χ1n) is 19.6. The highest BCUT2D eigenvalue weighted by atomic mass is 16.4. The van der Waals surface area contributed by atoms with Gasteiger partial charge in [0.15, 0.2) is 0 Å². The van der Waals surface area contributed by atoms with E-state index in [4.69, 9.17) is 0 Å². The monoisotopic (exact) mass is 798 g/mol. The molecule has 59 heavy (non-hydrogen) atoms. The number of hydrogen-bond acceptors (Lipinski definition) is 9. The molecule has 12 nitrogen and oxygen atoms in total. The van der Waals surface area contributed by atoms with Gasteiger partial charge in [-0.3, -0.25) is 19.4 Å². The van der Waals surface area contributed by atoms with Crippen LogP contribution in [0.1, 0.15) is 59.3 Å². The zero-order valence-electron chi connectivity index (χ0n) is 33.7. The molecule has 0 atom stereocenters. The number of carboxylic acid groups (broad SMARTS) is 1. The van der Waals surface area contributed by atoms with Crippen LogP contribution in [0.5, 0.6) is 0 Å². The van der Waals surface area contributed by atoms with E-state index in [0.29, 0.717) is 92.8 Å². The fraction of sp³-hybridized carbons (Fsp3) is 0.267. The number of carbonyl (C=O) groups is 3. The molecule has 14 heteroatoms. The Morgan fingerprint density at radius 2 is 0.983 bits per heavy atom. The van der Waals surface area contributed by atoms with Crippen molar-refractivity contribution in [1.29, 1.82) is 0 Å². The second-order valence-corrected chi connectivity index (χ2v) is 14.9. The van der Waals surface area contributed by atoms with Gasteiger partial charge < -0.3 is 35.8 Å². The van der Waals surface area contributed by atoms with E-state index in [0.717, 1.165) is 38.2 Å². The van der Waals surface area contributed by atoms with Crippen molar-refractivity contribution in [3.63, 3.8) is 0 Å². The van der Waals surface area contributed by atoms with E-state index in [-0.39, 0.29) is 17.4 Å². The number of benzene rings is 5. The van der Waals surface area contributed by atoms with E-state index in [2.05, 4.69) is 33.6 Å². The van der Waals surface area contributed by atoms with Crippen molar-refractivity contribution in [2.45, 2.75) is 52.9 Å². The molecule has 306 valence electrons. The maximum Gasteiger partial charge on any atom is 0.488 e. The molecule has 5 aromatic carbocycles. The molecule has 0 aliphatic carbocycles. The smallest absolute Gasteiger partial charge is 0.478 e. The number of carboxylic acids is 1. The number of nitrogens with one attached hydrogen (secondary N) is 2. The van der Waals surface area contributed by atoms with Crippen molar-refractivity contribution in [1.82, 2.24) is 20.4 Å². The van der Waals surface area contributed by atoms with Gasteiger partial charge in [0.2, 0.25) is 11.8 Å². The highest BCUT2D eigenvalue weighted by Crippen LogP contribution is 2.36. The molecule has 0 aliphatic rings. The first-order valence-corrected chi connectivity index (χ1v) is 19.6. The third-order valence-corrected chi connectivity index (χ3v) is 10.4. The molecule has 0 saturated carbocycles. The summed E-state index contributed by atoms with van der Waals surface area (Å²) in [6, 6.07) is 27.3. The summed E-state index contributed by atoms with van der Waals surface area (Å²) in [7, 11) is -3.35. The minimum absolute atomic E-state index is 0.124. The molecule has 0 aromatic heterocycles. The third-order valence-electron chi connectivity index (χ3n) is 10.4. The quantitative estimate of drug-likeness (QED) is 0.0252. The number of rotatable bonds is 21. The van der Waals surface area contributed by atoms with E-state index < -0.39 is 20.2 Å². The summed E-state index contributed by atoms with van der Waals surface area (Å²) >= 11 is 0. The van der Waals surface area contributed by atoms with Crippen LogP contribution in [-0.2, 0) is 35.8 Å². The van der Waals surface area contributed by atoms with Crippen LogP contribution in [0.15, 0.2) is 115 Å². The summed E-state index contributed by atoms with van der Waals surface area (Å²) in [5, 5.41) is 60.3. The zero-order chi connectivity index (χ0) is 42.6. The van der Waals surface area contributed by atoms with Crippen LogP contribution in [0.4, 0.5) is 0 Å². The number of hydrogen-bond donors (Lipinski definition) is 7. The Labute approximate surface area is 345 Å². The minimum atomic E-state index is -1.68. The Morgan fingerprint density at radius 1 is 0.576 bits per heavy atom. The lowest BCUT2D eigenvalue weighted by molar-refractivity contribution is -0.118. The summed E-state index contributed by atoms with van der Waals surface area (Å²) in [5.41, 5.74) is 4.99. The minimum Gasteiger partial charge on any atom is -0.478 e. The standard InChI is InChI=1S/C45H52B2N4O8/c1-30(2)43(52)48-21-11-23-50(26-33-13-5-9-17-41(33)46(56)57)28-39-35-15-7-8-16-36(35)40(38-25-32(45(54)55)19-20-37(38)39)29-51(24-12-22-49-44(53)31(3)4)27-34-14-6-10-18-42(34)47(58)59/h5-10,13-20,25,56-59H,1,3,11-12,21-24,26-29H2,2,4H3,(H,48,52)(H,49,53)(H,54,55). The van der Waals surface area contributed by atoms with Crippen LogP contribution in [-0.4, -0.2) is 93.2 Å². The van der Waals surface area contributed by atoms with Crippen molar-refractivity contribution in [2.24, 2.45) is 0 Å². The van der Waals surface area contributed by atoms with Crippen LogP contribution >= 0.6 is 0 Å². The Bertz CT molecular complexity index is 2330. The van der Waals surface area contributed by atoms with E-state index in [1.54, 1.807) is 50.2 Å². The van der Waals surface area contributed by atoms with Crippen molar-refractivity contribution in [3.8, 4) is 0 Å². The summed E-state index contributed by atoms with van der Waals surface area (Å²) < 4.78 is 0. The molecule has 2 amide bonds. The lowest BCUT2D eigenvalue weighted by Crippen LogP contribution is -2.36. The molecule has 0 fully saturated rings. The second kappa shape index (κ2) is 20.9. The van der Waals surface area contributed by atoms with Gasteiger partial charge in [-0.1, -0.05) is 92.0 Å². The van der Waals surface area contributed by atoms with Crippen molar-refractivity contribution in [3.05, 3.63) is 143 Å². The topological polar surface area (TPSA) is 183 Å². The zero-order valence-corrected chi connectivity index (χ0v) is 33.7. The third kappa shape index (κ3) is 11.8. The van der Waals surface area contributed by atoms with Gasteiger partial charge in [0, 0.05) is 63.5 Å². The van der Waals surface area contributed by atoms with Gasteiger partial charge in [-0.25, -0.2) is 4.79 Å². The van der Waals surface area contributed by atoms with Gasteiger partial charge in [0.05, 0.1) is 5.56 Å². The number of aromatic carboxylic acids is 1. The molecule has 0 spiro atoms. The fourth-order valence-corrected chi connectivity index (χ4v) is 7.36. The van der Waals surface area contributed by atoms with Crippen LogP contribution in [0, 0.1) is 0 Å². The van der Waals surface area contributed by atoms with Gasteiger partial charge >= 0.3 is 20.2 Å². The first-order chi connectivity index (χ1) is 28.2. The van der Waals surface area contributed by atoms with Crippen molar-refractivity contribution < 1.29 is 39.6 Å². The predicted octanol–water partition coefficient (Wildman–Crippen LogP) is 3.22. The Hall–Kier alpha value is -5.60. The van der Waals surface area contributed by atoms with Gasteiger partial charge in [-0.05, 0) is 93.5 Å². The highest BCUT2D eigenvalue weighted by molar-refractivity contribution is 6.59. The average Bonchev–Trinajstić information content (AvgIpc) is 3.21. The molecule has 0 aliphatic heterocycles. The Morgan fingerprint density at radius 3 is 1.41 bits per heavy atom. The van der Waals surface area contributed by atoms with E-state index >= 15 is 0 Å². The molecule has 5 rings (SSSR count). The molecular weight excluding hydrogens is 746 g/mol. The summed E-state index contributed by atoms with van der Waals surface area (Å²) in [4.78, 5) is 41.4. The van der Waals surface area contributed by atoms with Crippen LogP contribution < -0.4 is 21.6 Å². The van der Waals surface area contributed by atoms with Gasteiger partial charge in [0.25, 0.3) is 0 Å². The molecule has 0 heterocycles. The SMILES string of the molecule is C=C(C)C(=O)NCCCN(Cc1ccccc1B(O)O)Cc1c2ccccc2c(CN(CCCNC(=O)C(=C)C)Cc2ccccc2B(O)O)c2cc(C(=O)O)ccc12. The molecule has 7 N–H and O–H groups in total. The van der Waals surface area contributed by atoms with Crippen molar-refractivity contribution in [2.75, 3.05) is 26.2 Å². The average molecular weight is 799 g/mol. The molecule has 0 radical (unpaired) electrons. The largest absolute Gasteiger partial charge is 0.488 e. The maximum absolute atomic E-state index is 12.5. The van der Waals surface area contributed by atoms with Crippen molar-refractivity contribution >= 4 is 64.5 Å². The predicted molar refractivity (Wildman–Crippen MR) is 234 cm³/mol. The number of amides is 2.